The van der Waals surface area contributed by atoms with E-state index in [-0.39, 0.29) is 11.7 Å². The molecule has 0 amide bonds. The van der Waals surface area contributed by atoms with E-state index in [4.69, 9.17) is 0 Å². The molecule has 0 saturated heterocycles. The molecule has 1 heterocycles. The average molecular weight is 254 g/mol. The highest BCUT2D eigenvalue weighted by atomic mass is 16.1. The zero-order valence-electron chi connectivity index (χ0n) is 11.4. The highest BCUT2D eigenvalue weighted by molar-refractivity contribution is 5.99. The predicted molar refractivity (Wildman–Crippen MR) is 74.4 cm³/mol. The molecule has 3 rings (SSSR count). The third kappa shape index (κ3) is 1.99. The summed E-state index contributed by atoms with van der Waals surface area (Å²) >= 11 is 0. The van der Waals surface area contributed by atoms with Gasteiger partial charge in [0.25, 0.3) is 0 Å². The van der Waals surface area contributed by atoms with E-state index >= 15 is 0 Å². The highest BCUT2D eigenvalue weighted by Gasteiger charge is 2.28. The molecule has 0 saturated carbocycles. The van der Waals surface area contributed by atoms with Crippen molar-refractivity contribution in [2.45, 2.75) is 32.1 Å². The Morgan fingerprint density at radius 3 is 2.89 bits per heavy atom. The van der Waals surface area contributed by atoms with E-state index in [0.29, 0.717) is 0 Å². The molecule has 1 unspecified atom stereocenters. The molecular weight excluding hydrogens is 236 g/mol. The summed E-state index contributed by atoms with van der Waals surface area (Å²) in [6.45, 7) is 1.92. The molecule has 1 atom stereocenters. The van der Waals surface area contributed by atoms with Crippen molar-refractivity contribution in [3.63, 3.8) is 0 Å². The summed E-state index contributed by atoms with van der Waals surface area (Å²) in [5.74, 6) is 1.09. The monoisotopic (exact) mass is 254 g/mol. The molecule has 1 aliphatic rings. The van der Waals surface area contributed by atoms with Gasteiger partial charge in [0.15, 0.2) is 5.78 Å². The number of carbonyl (C=O) groups excluding carboxylic acids is 1. The second kappa shape index (κ2) is 4.65. The molecule has 1 aromatic carbocycles. The van der Waals surface area contributed by atoms with Crippen LogP contribution in [0, 0.1) is 6.92 Å². The summed E-state index contributed by atoms with van der Waals surface area (Å²) in [5, 5.41) is 0. The van der Waals surface area contributed by atoms with Gasteiger partial charge in [-0.05, 0) is 37.3 Å². The molecule has 0 bridgehead atoms. The van der Waals surface area contributed by atoms with Gasteiger partial charge in [-0.25, -0.2) is 4.98 Å². The van der Waals surface area contributed by atoms with Crippen LogP contribution >= 0.6 is 0 Å². The molecule has 3 heteroatoms. The van der Waals surface area contributed by atoms with Crippen molar-refractivity contribution >= 4 is 5.78 Å². The summed E-state index contributed by atoms with van der Waals surface area (Å²) < 4.78 is 1.89. The molecule has 1 aromatic heterocycles. The maximum Gasteiger partial charge on any atom is 0.188 e. The number of aryl methyl sites for hydroxylation is 2. The number of rotatable bonds is 2. The Hall–Kier alpha value is -1.90. The third-order valence-corrected chi connectivity index (χ3v) is 4.16. The lowest BCUT2D eigenvalue weighted by atomic mass is 9.80. The van der Waals surface area contributed by atoms with Crippen molar-refractivity contribution in [2.75, 3.05) is 0 Å². The minimum atomic E-state index is -0.000231. The number of hydrogen-bond donors (Lipinski definition) is 0. The first-order valence-electron chi connectivity index (χ1n) is 6.79. The number of Topliss-reactive ketones (excluding diaryl/α,β-unsaturated/α-hetero) is 1. The molecule has 0 fully saturated rings. The second-order valence-electron chi connectivity index (χ2n) is 5.26. The molecule has 98 valence electrons. The lowest BCUT2D eigenvalue weighted by molar-refractivity contribution is 0.0942. The number of ketones is 1. The Bertz CT molecular complexity index is 627. The minimum Gasteiger partial charge on any atom is -0.329 e. The number of fused-ring (bicyclic) bond motifs is 1. The summed E-state index contributed by atoms with van der Waals surface area (Å²) in [5.41, 5.74) is 3.25. The van der Waals surface area contributed by atoms with Gasteiger partial charge in [-0.15, -0.1) is 0 Å². The Morgan fingerprint density at radius 2 is 2.16 bits per heavy atom. The lowest BCUT2D eigenvalue weighted by Crippen LogP contribution is -2.20. The maximum absolute atomic E-state index is 12.7. The van der Waals surface area contributed by atoms with E-state index in [9.17, 15) is 4.79 Å². The van der Waals surface area contributed by atoms with Gasteiger partial charge in [0.05, 0.1) is 6.20 Å². The van der Waals surface area contributed by atoms with E-state index in [0.717, 1.165) is 30.8 Å². The lowest BCUT2D eigenvalue weighted by Gasteiger charge is -2.24. The van der Waals surface area contributed by atoms with Crippen molar-refractivity contribution in [2.24, 2.45) is 7.05 Å². The Kier molecular flexibility index (Phi) is 2.97. The fourth-order valence-electron chi connectivity index (χ4n) is 2.94. The van der Waals surface area contributed by atoms with Gasteiger partial charge in [0.1, 0.15) is 11.5 Å². The highest BCUT2D eigenvalue weighted by Crippen LogP contribution is 2.33. The normalized spacial score (nSPS) is 18.1. The van der Waals surface area contributed by atoms with Crippen LogP contribution in [0.3, 0.4) is 0 Å². The number of nitrogens with zero attached hydrogens (tertiary/aromatic N) is 2. The molecule has 3 nitrogen and oxygen atoms in total. The first-order chi connectivity index (χ1) is 9.18. The van der Waals surface area contributed by atoms with E-state index in [1.807, 2.05) is 24.6 Å². The average Bonchev–Trinajstić information content (AvgIpc) is 2.78. The van der Waals surface area contributed by atoms with Gasteiger partial charge in [-0.2, -0.15) is 0 Å². The van der Waals surface area contributed by atoms with Crippen LogP contribution in [-0.4, -0.2) is 15.3 Å². The minimum absolute atomic E-state index is 0.000231. The van der Waals surface area contributed by atoms with Crippen LogP contribution in [0.1, 0.15) is 46.2 Å². The van der Waals surface area contributed by atoms with E-state index in [2.05, 4.69) is 23.2 Å². The third-order valence-electron chi connectivity index (χ3n) is 4.16. The summed E-state index contributed by atoms with van der Waals surface area (Å²) in [6.07, 6.45) is 4.82. The molecule has 1 aliphatic carbocycles. The van der Waals surface area contributed by atoms with Gasteiger partial charge in [0.2, 0.25) is 0 Å². The molecule has 19 heavy (non-hydrogen) atoms. The Morgan fingerprint density at radius 1 is 1.37 bits per heavy atom. The maximum atomic E-state index is 12.7. The van der Waals surface area contributed by atoms with Crippen molar-refractivity contribution < 1.29 is 4.79 Å². The zero-order chi connectivity index (χ0) is 13.4. The van der Waals surface area contributed by atoms with Crippen molar-refractivity contribution in [1.82, 2.24) is 9.55 Å². The van der Waals surface area contributed by atoms with Crippen molar-refractivity contribution in [1.29, 1.82) is 0 Å². The van der Waals surface area contributed by atoms with Gasteiger partial charge >= 0.3 is 0 Å². The summed E-state index contributed by atoms with van der Waals surface area (Å²) in [4.78, 5) is 17.0. The standard InChI is InChI=1S/C16H18N2O/c1-11-17-10-15(18(11)2)16(19)14-9-5-7-12-6-3-4-8-13(12)14/h3-4,6,8,10,14H,5,7,9H2,1-2H3. The van der Waals surface area contributed by atoms with Crippen LogP contribution < -0.4 is 0 Å². The van der Waals surface area contributed by atoms with Gasteiger partial charge in [-0.1, -0.05) is 24.3 Å². The van der Waals surface area contributed by atoms with Crippen molar-refractivity contribution in [3.05, 3.63) is 53.1 Å². The first-order valence-corrected chi connectivity index (χ1v) is 6.79. The van der Waals surface area contributed by atoms with Crippen LogP contribution in [0.4, 0.5) is 0 Å². The van der Waals surface area contributed by atoms with Crippen LogP contribution in [0.25, 0.3) is 0 Å². The number of benzene rings is 1. The fourth-order valence-corrected chi connectivity index (χ4v) is 2.94. The van der Waals surface area contributed by atoms with Crippen LogP contribution in [0.5, 0.6) is 0 Å². The molecule has 0 radical (unpaired) electrons. The molecule has 0 N–H and O–H groups in total. The van der Waals surface area contributed by atoms with Gasteiger partial charge < -0.3 is 4.57 Å². The number of hydrogen-bond acceptors (Lipinski definition) is 2. The SMILES string of the molecule is Cc1ncc(C(=O)C2CCCc3ccccc32)n1C. The topological polar surface area (TPSA) is 34.9 Å². The number of carbonyl (C=O) groups is 1. The Balaban J connectivity index is 2.00. The van der Waals surface area contributed by atoms with Gasteiger partial charge in [-0.3, -0.25) is 4.79 Å². The van der Waals surface area contributed by atoms with E-state index < -0.39 is 0 Å². The summed E-state index contributed by atoms with van der Waals surface area (Å²) in [6, 6.07) is 8.32. The molecular formula is C16H18N2O. The first kappa shape index (κ1) is 12.2. The molecule has 2 aromatic rings. The summed E-state index contributed by atoms with van der Waals surface area (Å²) in [7, 11) is 1.91. The van der Waals surface area contributed by atoms with Gasteiger partial charge in [0, 0.05) is 13.0 Å². The van der Waals surface area contributed by atoms with Crippen LogP contribution in [0.15, 0.2) is 30.5 Å². The second-order valence-corrected chi connectivity index (χ2v) is 5.26. The predicted octanol–water partition coefficient (Wildman–Crippen LogP) is 3.03. The fraction of sp³-hybridized carbons (Fsp3) is 0.375. The smallest absolute Gasteiger partial charge is 0.188 e. The Labute approximate surface area is 113 Å². The number of aromatic nitrogens is 2. The quantitative estimate of drug-likeness (QED) is 0.772. The van der Waals surface area contributed by atoms with Crippen LogP contribution in [-0.2, 0) is 13.5 Å². The largest absolute Gasteiger partial charge is 0.329 e. The molecule has 0 spiro atoms. The van der Waals surface area contributed by atoms with E-state index in [1.54, 1.807) is 6.20 Å². The zero-order valence-corrected chi connectivity index (χ0v) is 11.4. The number of imidazole rings is 1. The van der Waals surface area contributed by atoms with E-state index in [1.165, 1.54) is 11.1 Å². The molecule has 0 aliphatic heterocycles. The van der Waals surface area contributed by atoms with Crippen molar-refractivity contribution in [3.8, 4) is 0 Å². The van der Waals surface area contributed by atoms with Crippen LogP contribution in [0.2, 0.25) is 0 Å².